The smallest absolute Gasteiger partial charge is 0.273 e. The van der Waals surface area contributed by atoms with Gasteiger partial charge >= 0.3 is 5.69 Å². The molecule has 2 heterocycles. The highest BCUT2D eigenvalue weighted by molar-refractivity contribution is 6.31. The molecule has 1 aliphatic carbocycles. The third-order valence-electron chi connectivity index (χ3n) is 3.96. The second kappa shape index (κ2) is 4.81. The Bertz CT molecular complexity index is 1000. The molecule has 0 aliphatic heterocycles. The summed E-state index contributed by atoms with van der Waals surface area (Å²) in [5.74, 6) is 0.525. The zero-order valence-corrected chi connectivity index (χ0v) is 12.3. The number of halogens is 1. The summed E-state index contributed by atoms with van der Waals surface area (Å²) < 4.78 is 1.41. The number of rotatable bonds is 2. The molecule has 0 atom stereocenters. The number of hydrogen-bond donors (Lipinski definition) is 1. The van der Waals surface area contributed by atoms with Crippen LogP contribution >= 0.6 is 11.6 Å². The van der Waals surface area contributed by atoms with Gasteiger partial charge in [0.25, 0.3) is 5.56 Å². The predicted octanol–water partition coefficient (Wildman–Crippen LogP) is 2.60. The maximum Gasteiger partial charge on any atom is 0.333 e. The van der Waals surface area contributed by atoms with Crippen molar-refractivity contribution < 1.29 is 0 Å². The van der Waals surface area contributed by atoms with Gasteiger partial charge in [-0.15, -0.1) is 0 Å². The van der Waals surface area contributed by atoms with E-state index in [0.717, 1.165) is 18.4 Å². The number of aromatic nitrogens is 3. The highest BCUT2D eigenvalue weighted by Gasteiger charge is 2.24. The zero-order valence-electron chi connectivity index (χ0n) is 11.5. The lowest BCUT2D eigenvalue weighted by Gasteiger charge is -2.11. The summed E-state index contributed by atoms with van der Waals surface area (Å²) in [4.78, 5) is 30.7. The second-order valence-corrected chi connectivity index (χ2v) is 5.82. The van der Waals surface area contributed by atoms with Crippen LogP contribution in [0.4, 0.5) is 0 Å². The van der Waals surface area contributed by atoms with Gasteiger partial charge in [-0.2, -0.15) is 0 Å². The minimum Gasteiger partial charge on any atom is -0.273 e. The number of fused-ring (bicyclic) bond motifs is 1. The maximum absolute atomic E-state index is 12.3. The zero-order chi connectivity index (χ0) is 15.3. The van der Waals surface area contributed by atoms with E-state index < -0.39 is 11.2 Å². The lowest BCUT2D eigenvalue weighted by atomic mass is 10.1. The highest BCUT2D eigenvalue weighted by atomic mass is 35.5. The van der Waals surface area contributed by atoms with Crippen molar-refractivity contribution in [2.75, 3.05) is 0 Å². The lowest BCUT2D eigenvalue weighted by Crippen LogP contribution is -2.29. The molecule has 1 aromatic carbocycles. The molecule has 0 amide bonds. The summed E-state index contributed by atoms with van der Waals surface area (Å²) in [5, 5.41) is 0.679. The van der Waals surface area contributed by atoms with Crippen LogP contribution in [0.2, 0.25) is 5.15 Å². The van der Waals surface area contributed by atoms with Gasteiger partial charge in [0.05, 0.1) is 16.6 Å². The topological polar surface area (TPSA) is 67.8 Å². The number of nitrogens with zero attached hydrogens (tertiary/aromatic N) is 2. The lowest BCUT2D eigenvalue weighted by molar-refractivity contribution is 0.933. The van der Waals surface area contributed by atoms with Gasteiger partial charge in [0.2, 0.25) is 0 Å². The summed E-state index contributed by atoms with van der Waals surface area (Å²) in [6, 6.07) is 9.04. The molecule has 0 spiro atoms. The molecule has 1 saturated carbocycles. The molecule has 0 radical (unpaired) electrons. The molecule has 0 saturated heterocycles. The van der Waals surface area contributed by atoms with E-state index in [1.54, 1.807) is 24.4 Å². The monoisotopic (exact) mass is 313 g/mol. The average molecular weight is 314 g/mol. The minimum absolute atomic E-state index is 0.217. The van der Waals surface area contributed by atoms with Gasteiger partial charge in [-0.05, 0) is 48.6 Å². The number of pyridine rings is 1. The molecule has 22 heavy (non-hydrogen) atoms. The van der Waals surface area contributed by atoms with Crippen LogP contribution in [0.5, 0.6) is 0 Å². The number of H-pyrrole nitrogens is 1. The van der Waals surface area contributed by atoms with Crippen molar-refractivity contribution in [3.8, 4) is 5.69 Å². The van der Waals surface area contributed by atoms with E-state index in [0.29, 0.717) is 22.5 Å². The Morgan fingerprint density at radius 3 is 2.77 bits per heavy atom. The Labute approximate surface area is 130 Å². The molecule has 4 rings (SSSR count). The van der Waals surface area contributed by atoms with Gasteiger partial charge in [-0.1, -0.05) is 17.7 Å². The minimum atomic E-state index is -0.514. The maximum atomic E-state index is 12.3. The molecule has 6 heteroatoms. The summed E-state index contributed by atoms with van der Waals surface area (Å²) in [7, 11) is 0. The first-order valence-corrected chi connectivity index (χ1v) is 7.43. The first-order valence-electron chi connectivity index (χ1n) is 7.05. The SMILES string of the molecule is O=c1[nH]c(=O)n(-c2cccnc2Cl)c2cc(C3CC3)ccc12. The predicted molar refractivity (Wildman–Crippen MR) is 84.9 cm³/mol. The molecular formula is C16H12ClN3O2. The van der Waals surface area contributed by atoms with E-state index in [1.807, 2.05) is 12.1 Å². The summed E-state index contributed by atoms with van der Waals surface area (Å²) in [6.45, 7) is 0. The van der Waals surface area contributed by atoms with Crippen molar-refractivity contribution in [2.24, 2.45) is 0 Å². The molecule has 1 fully saturated rings. The first-order chi connectivity index (χ1) is 10.6. The number of aromatic amines is 1. The Morgan fingerprint density at radius 2 is 2.05 bits per heavy atom. The van der Waals surface area contributed by atoms with Crippen molar-refractivity contribution in [3.63, 3.8) is 0 Å². The number of nitrogens with one attached hydrogen (secondary N) is 1. The van der Waals surface area contributed by atoms with Gasteiger partial charge in [-0.25, -0.2) is 9.78 Å². The van der Waals surface area contributed by atoms with Gasteiger partial charge < -0.3 is 0 Å². The van der Waals surface area contributed by atoms with Crippen molar-refractivity contribution in [2.45, 2.75) is 18.8 Å². The Kier molecular flexibility index (Phi) is 2.90. The van der Waals surface area contributed by atoms with Crippen molar-refractivity contribution in [1.29, 1.82) is 0 Å². The van der Waals surface area contributed by atoms with Crippen LogP contribution in [-0.2, 0) is 0 Å². The fourth-order valence-electron chi connectivity index (χ4n) is 2.71. The van der Waals surface area contributed by atoms with Crippen molar-refractivity contribution >= 4 is 22.5 Å². The summed E-state index contributed by atoms with van der Waals surface area (Å²) in [6.07, 6.45) is 3.85. The van der Waals surface area contributed by atoms with Crippen LogP contribution in [0, 0.1) is 0 Å². The second-order valence-electron chi connectivity index (χ2n) is 5.46. The van der Waals surface area contributed by atoms with Crippen LogP contribution in [0.3, 0.4) is 0 Å². The van der Waals surface area contributed by atoms with Gasteiger partial charge in [-0.3, -0.25) is 14.3 Å². The highest BCUT2D eigenvalue weighted by Crippen LogP contribution is 2.40. The number of benzene rings is 1. The summed E-state index contributed by atoms with van der Waals surface area (Å²) in [5.41, 5.74) is 1.27. The quantitative estimate of drug-likeness (QED) is 0.739. The van der Waals surface area contributed by atoms with Crippen LogP contribution in [-0.4, -0.2) is 14.5 Å². The van der Waals surface area contributed by atoms with E-state index in [2.05, 4.69) is 9.97 Å². The Hall–Kier alpha value is -2.40. The fraction of sp³-hybridized carbons (Fsp3) is 0.188. The van der Waals surface area contributed by atoms with E-state index >= 15 is 0 Å². The van der Waals surface area contributed by atoms with Gasteiger partial charge in [0.1, 0.15) is 0 Å². The third-order valence-corrected chi connectivity index (χ3v) is 4.25. The normalized spacial score (nSPS) is 14.4. The Morgan fingerprint density at radius 1 is 1.23 bits per heavy atom. The molecule has 5 nitrogen and oxygen atoms in total. The summed E-state index contributed by atoms with van der Waals surface area (Å²) >= 11 is 6.12. The van der Waals surface area contributed by atoms with Crippen LogP contribution in [0.1, 0.15) is 24.3 Å². The van der Waals surface area contributed by atoms with Gasteiger partial charge in [0, 0.05) is 6.20 Å². The molecule has 110 valence electrons. The van der Waals surface area contributed by atoms with Crippen molar-refractivity contribution in [3.05, 3.63) is 68.1 Å². The standard InChI is InChI=1S/C16H12ClN3O2/c17-14-12(2-1-7-18-14)20-13-8-10(9-3-4-9)5-6-11(13)15(21)19-16(20)22/h1-2,5-9H,3-4H2,(H,19,21,22). The molecule has 0 unspecified atom stereocenters. The third kappa shape index (κ3) is 2.05. The van der Waals surface area contributed by atoms with Gasteiger partial charge in [0.15, 0.2) is 5.15 Å². The first kappa shape index (κ1) is 13.3. The fourth-order valence-corrected chi connectivity index (χ4v) is 2.91. The molecule has 2 aromatic heterocycles. The Balaban J connectivity index is 2.12. The molecule has 1 N–H and O–H groups in total. The van der Waals surface area contributed by atoms with E-state index in [9.17, 15) is 9.59 Å². The van der Waals surface area contributed by atoms with E-state index in [-0.39, 0.29) is 5.15 Å². The van der Waals surface area contributed by atoms with Crippen molar-refractivity contribution in [1.82, 2.24) is 14.5 Å². The largest absolute Gasteiger partial charge is 0.333 e. The van der Waals surface area contributed by atoms with Crippen LogP contribution in [0.15, 0.2) is 46.1 Å². The van der Waals surface area contributed by atoms with Crippen LogP contribution in [0.25, 0.3) is 16.6 Å². The molecule has 3 aromatic rings. The van der Waals surface area contributed by atoms with E-state index in [1.165, 1.54) is 4.57 Å². The van der Waals surface area contributed by atoms with Crippen LogP contribution < -0.4 is 11.2 Å². The molecule has 1 aliphatic rings. The molecule has 0 bridgehead atoms. The molecular weight excluding hydrogens is 302 g/mol. The van der Waals surface area contributed by atoms with E-state index in [4.69, 9.17) is 11.6 Å². The average Bonchev–Trinajstić information content (AvgIpc) is 3.33. The number of hydrogen-bond acceptors (Lipinski definition) is 3.